The highest BCUT2D eigenvalue weighted by molar-refractivity contribution is 7.98. The summed E-state index contributed by atoms with van der Waals surface area (Å²) in [6.45, 7) is 0. The third-order valence-electron chi connectivity index (χ3n) is 3.80. The number of nitrogens with zero attached hydrogens (tertiary/aromatic N) is 2. The van der Waals surface area contributed by atoms with Gasteiger partial charge in [-0.1, -0.05) is 30.0 Å². The van der Waals surface area contributed by atoms with E-state index in [9.17, 15) is 4.79 Å². The van der Waals surface area contributed by atoms with Crippen LogP contribution < -0.4 is 0 Å². The van der Waals surface area contributed by atoms with Crippen molar-refractivity contribution in [1.82, 2.24) is 9.97 Å². The highest BCUT2D eigenvalue weighted by Crippen LogP contribution is 2.31. The Morgan fingerprint density at radius 1 is 1.08 bits per heavy atom. The Morgan fingerprint density at radius 3 is 2.77 bits per heavy atom. The van der Waals surface area contributed by atoms with E-state index in [-0.39, 0.29) is 0 Å². The Balaban J connectivity index is 1.70. The molecule has 6 nitrogen and oxygen atoms in total. The molecule has 1 aromatic carbocycles. The van der Waals surface area contributed by atoms with Crippen molar-refractivity contribution in [2.45, 2.75) is 10.8 Å². The lowest BCUT2D eigenvalue weighted by Gasteiger charge is -2.07. The first-order valence-electron chi connectivity index (χ1n) is 7.84. The molecule has 0 fully saturated rings. The number of hydrogen-bond acceptors (Lipinski definition) is 7. The van der Waals surface area contributed by atoms with Crippen molar-refractivity contribution in [3.63, 3.8) is 0 Å². The Morgan fingerprint density at radius 2 is 1.96 bits per heavy atom. The number of furan rings is 2. The average molecular weight is 366 g/mol. The van der Waals surface area contributed by atoms with Crippen LogP contribution in [0.3, 0.4) is 0 Å². The van der Waals surface area contributed by atoms with Gasteiger partial charge in [-0.3, -0.25) is 0 Å². The summed E-state index contributed by atoms with van der Waals surface area (Å²) in [6.07, 6.45) is 3.07. The zero-order valence-corrected chi connectivity index (χ0v) is 14.7. The van der Waals surface area contributed by atoms with Gasteiger partial charge in [0.2, 0.25) is 0 Å². The fourth-order valence-electron chi connectivity index (χ4n) is 2.55. The molecular weight excluding hydrogens is 352 g/mol. The second kappa shape index (κ2) is 7.05. The monoisotopic (exact) mass is 366 g/mol. The van der Waals surface area contributed by atoms with Crippen molar-refractivity contribution in [3.05, 3.63) is 66.3 Å². The van der Waals surface area contributed by atoms with Gasteiger partial charge in [-0.05, 0) is 24.3 Å². The van der Waals surface area contributed by atoms with E-state index in [0.29, 0.717) is 28.7 Å². The molecule has 3 aromatic heterocycles. The molecule has 0 radical (unpaired) electrons. The topological polar surface area (TPSA) is 78.4 Å². The summed E-state index contributed by atoms with van der Waals surface area (Å²) in [6, 6.07) is 13.0. The Kier molecular flexibility index (Phi) is 4.45. The van der Waals surface area contributed by atoms with Gasteiger partial charge in [0.25, 0.3) is 0 Å². The van der Waals surface area contributed by atoms with Crippen molar-refractivity contribution in [2.24, 2.45) is 0 Å². The minimum atomic E-state index is -0.418. The normalized spacial score (nSPS) is 11.0. The van der Waals surface area contributed by atoms with Crippen LogP contribution in [0.5, 0.6) is 0 Å². The van der Waals surface area contributed by atoms with Crippen LogP contribution in [0.15, 0.2) is 68.9 Å². The first-order valence-corrected chi connectivity index (χ1v) is 8.83. The third-order valence-corrected chi connectivity index (χ3v) is 4.79. The summed E-state index contributed by atoms with van der Waals surface area (Å²) >= 11 is 1.47. The molecule has 0 aliphatic rings. The van der Waals surface area contributed by atoms with Crippen LogP contribution in [-0.2, 0) is 10.5 Å². The lowest BCUT2D eigenvalue weighted by atomic mass is 10.2. The Bertz CT molecular complexity index is 1060. The number of aromatic nitrogens is 2. The maximum Gasteiger partial charge on any atom is 0.341 e. The van der Waals surface area contributed by atoms with Crippen molar-refractivity contribution < 1.29 is 18.4 Å². The molecule has 0 spiro atoms. The number of methoxy groups -OCH3 is 1. The predicted octanol–water partition coefficient (Wildman–Crippen LogP) is 4.56. The van der Waals surface area contributed by atoms with Crippen molar-refractivity contribution in [3.8, 4) is 11.6 Å². The van der Waals surface area contributed by atoms with E-state index >= 15 is 0 Å². The van der Waals surface area contributed by atoms with E-state index in [4.69, 9.17) is 13.6 Å². The number of para-hydroxylation sites is 1. The molecule has 0 bridgehead atoms. The van der Waals surface area contributed by atoms with Gasteiger partial charge in [-0.25, -0.2) is 14.8 Å². The number of carbonyl (C=O) groups excluding carboxylic acids is 1. The summed E-state index contributed by atoms with van der Waals surface area (Å²) in [5, 5.41) is 1.72. The maximum absolute atomic E-state index is 11.8. The first-order chi connectivity index (χ1) is 12.8. The summed E-state index contributed by atoms with van der Waals surface area (Å²) in [4.78, 5) is 21.0. The molecule has 26 heavy (non-hydrogen) atoms. The number of ether oxygens (including phenoxy) is 1. The molecule has 0 saturated heterocycles. The zero-order valence-electron chi connectivity index (χ0n) is 13.8. The van der Waals surface area contributed by atoms with Crippen LogP contribution in [0, 0.1) is 0 Å². The zero-order chi connectivity index (χ0) is 17.9. The summed E-state index contributed by atoms with van der Waals surface area (Å²) in [5.74, 6) is 1.69. The molecule has 130 valence electrons. The molecule has 0 amide bonds. The van der Waals surface area contributed by atoms with Crippen LogP contribution in [0.1, 0.15) is 16.1 Å². The van der Waals surface area contributed by atoms with E-state index in [1.54, 1.807) is 18.4 Å². The molecule has 0 aliphatic heterocycles. The van der Waals surface area contributed by atoms with Gasteiger partial charge in [0.1, 0.15) is 16.3 Å². The van der Waals surface area contributed by atoms with E-state index in [2.05, 4.69) is 9.97 Å². The lowest BCUT2D eigenvalue weighted by Crippen LogP contribution is -2.02. The number of benzene rings is 1. The maximum atomic E-state index is 11.8. The summed E-state index contributed by atoms with van der Waals surface area (Å²) < 4.78 is 15.6. The van der Waals surface area contributed by atoms with Gasteiger partial charge in [0.15, 0.2) is 11.6 Å². The van der Waals surface area contributed by atoms with Gasteiger partial charge in [-0.2, -0.15) is 0 Å². The molecule has 0 N–H and O–H groups in total. The molecule has 7 heteroatoms. The number of thioether (sulfide) groups is 1. The van der Waals surface area contributed by atoms with Crippen molar-refractivity contribution in [2.75, 3.05) is 7.11 Å². The highest BCUT2D eigenvalue weighted by Gasteiger charge is 2.17. The molecule has 0 aliphatic carbocycles. The lowest BCUT2D eigenvalue weighted by molar-refractivity contribution is 0.0598. The minimum absolute atomic E-state index is 0.418. The van der Waals surface area contributed by atoms with Crippen molar-refractivity contribution >= 4 is 28.6 Å². The van der Waals surface area contributed by atoms with Gasteiger partial charge in [0.05, 0.1) is 30.9 Å². The van der Waals surface area contributed by atoms with E-state index in [0.717, 1.165) is 15.9 Å². The second-order valence-electron chi connectivity index (χ2n) is 5.38. The Labute approximate surface area is 153 Å². The minimum Gasteiger partial charge on any atom is -0.468 e. The molecule has 0 atom stereocenters. The number of hydrogen-bond donors (Lipinski definition) is 0. The average Bonchev–Trinajstić information content (AvgIpc) is 3.37. The van der Waals surface area contributed by atoms with Gasteiger partial charge in [-0.15, -0.1) is 0 Å². The standard InChI is InChI=1S/C19H14N2O4S/c1-23-19(22)13-8-10-25-16(13)11-26-18-12-5-2-3-6-14(12)20-17(21-18)15-7-4-9-24-15/h2-10H,11H2,1H3. The van der Waals surface area contributed by atoms with Crippen LogP contribution >= 0.6 is 11.8 Å². The third kappa shape index (κ3) is 3.09. The highest BCUT2D eigenvalue weighted by atomic mass is 32.2. The fourth-order valence-corrected chi connectivity index (χ4v) is 3.52. The first kappa shape index (κ1) is 16.4. The quantitative estimate of drug-likeness (QED) is 0.291. The van der Waals surface area contributed by atoms with Crippen LogP contribution in [0.25, 0.3) is 22.5 Å². The SMILES string of the molecule is COC(=O)c1ccoc1CSc1nc(-c2ccco2)nc2ccccc12. The molecule has 4 rings (SSSR count). The van der Waals surface area contributed by atoms with E-state index < -0.39 is 5.97 Å². The largest absolute Gasteiger partial charge is 0.468 e. The summed E-state index contributed by atoms with van der Waals surface area (Å²) in [7, 11) is 1.35. The van der Waals surface area contributed by atoms with Gasteiger partial charge in [0, 0.05) is 5.39 Å². The van der Waals surface area contributed by atoms with E-state index in [1.807, 2.05) is 30.3 Å². The van der Waals surface area contributed by atoms with Crippen LogP contribution in [0.2, 0.25) is 0 Å². The molecule has 0 unspecified atom stereocenters. The predicted molar refractivity (Wildman–Crippen MR) is 96.8 cm³/mol. The second-order valence-corrected chi connectivity index (χ2v) is 6.35. The van der Waals surface area contributed by atoms with Crippen molar-refractivity contribution in [1.29, 1.82) is 0 Å². The fraction of sp³-hybridized carbons (Fsp3) is 0.105. The van der Waals surface area contributed by atoms with Crippen LogP contribution in [0.4, 0.5) is 0 Å². The Hall–Kier alpha value is -3.06. The summed E-state index contributed by atoms with van der Waals surface area (Å²) in [5.41, 5.74) is 1.24. The smallest absolute Gasteiger partial charge is 0.341 e. The molecule has 3 heterocycles. The van der Waals surface area contributed by atoms with Gasteiger partial charge < -0.3 is 13.6 Å². The number of rotatable bonds is 5. The van der Waals surface area contributed by atoms with E-state index in [1.165, 1.54) is 25.1 Å². The molecule has 0 saturated carbocycles. The number of fused-ring (bicyclic) bond motifs is 1. The van der Waals surface area contributed by atoms with Gasteiger partial charge >= 0.3 is 5.97 Å². The molecule has 4 aromatic rings. The number of esters is 1. The van der Waals surface area contributed by atoms with Crippen LogP contribution in [-0.4, -0.2) is 23.0 Å². The molecular formula is C19H14N2O4S. The number of carbonyl (C=O) groups is 1.